The topological polar surface area (TPSA) is 237 Å². The zero-order valence-electron chi connectivity index (χ0n) is 60.6. The third-order valence-electron chi connectivity index (χ3n) is 17.2. The summed E-state index contributed by atoms with van der Waals surface area (Å²) in [5, 5.41) is 10.6. The van der Waals surface area contributed by atoms with Crippen LogP contribution in [0.25, 0.3) is 0 Å². The lowest BCUT2D eigenvalue weighted by atomic mass is 10.0. The number of phosphoric ester groups is 2. The lowest BCUT2D eigenvalue weighted by Crippen LogP contribution is -2.30. The fraction of sp³-hybridized carbons (Fsp3) is 0.946. The monoisotopic (exact) mass is 1370 g/mol. The van der Waals surface area contributed by atoms with E-state index in [1.54, 1.807) is 0 Å². The first-order valence-corrected chi connectivity index (χ1v) is 41.5. The number of esters is 4. The molecule has 17 nitrogen and oxygen atoms in total. The predicted octanol–water partition coefficient (Wildman–Crippen LogP) is 21.6. The van der Waals surface area contributed by atoms with Crippen LogP contribution in [0.15, 0.2) is 0 Å². The second-order valence-corrected chi connectivity index (χ2v) is 30.5. The standard InChI is InChI=1S/C74H144O17P2/c1-7-9-11-13-15-17-19-20-25-29-32-38-44-50-56-71(76)84-62-69(90-74(79)59-53-47-40-34-30-26-23-21-22-24-28-31-36-42-48-54-66(3)4)64-88-92(80,81)86-60-68(75)61-87-93(82,83)89-65-70(63-85-72(77)57-51-45-41-35-37-43-49-55-67(5)6)91-73(78)58-52-46-39-33-27-18-16-14-12-10-8-2/h66-70,75H,7-65H2,1-6H3,(H,80,81)(H,82,83)/t68-,69-,70-/m1/s1. The van der Waals surface area contributed by atoms with Crippen LogP contribution in [0.2, 0.25) is 0 Å². The van der Waals surface area contributed by atoms with E-state index in [-0.39, 0.29) is 25.7 Å². The molecular formula is C74H144O17P2. The Balaban J connectivity index is 5.23. The molecule has 0 aromatic rings. The van der Waals surface area contributed by atoms with Crippen molar-refractivity contribution < 1.29 is 80.2 Å². The summed E-state index contributed by atoms with van der Waals surface area (Å²) in [5.74, 6) is -0.610. The van der Waals surface area contributed by atoms with Crippen LogP contribution in [0.5, 0.6) is 0 Å². The third-order valence-corrected chi connectivity index (χ3v) is 19.1. The van der Waals surface area contributed by atoms with E-state index in [0.717, 1.165) is 102 Å². The highest BCUT2D eigenvalue weighted by Gasteiger charge is 2.30. The van der Waals surface area contributed by atoms with E-state index in [9.17, 15) is 43.2 Å². The van der Waals surface area contributed by atoms with Crippen LogP contribution >= 0.6 is 15.6 Å². The molecule has 0 saturated carbocycles. The number of unbranched alkanes of at least 4 members (excludes halogenated alkanes) is 43. The predicted molar refractivity (Wildman–Crippen MR) is 377 cm³/mol. The molecule has 2 unspecified atom stereocenters. The second-order valence-electron chi connectivity index (χ2n) is 27.6. The Kier molecular flexibility index (Phi) is 64.6. The summed E-state index contributed by atoms with van der Waals surface area (Å²) in [7, 11) is -9.91. The maximum atomic E-state index is 13.1. The smallest absolute Gasteiger partial charge is 0.462 e. The molecule has 0 saturated heterocycles. The molecule has 0 amide bonds. The van der Waals surface area contributed by atoms with E-state index in [1.165, 1.54) is 193 Å². The molecule has 0 heterocycles. The van der Waals surface area contributed by atoms with Crippen LogP contribution in [0.3, 0.4) is 0 Å². The molecule has 0 spiro atoms. The quantitative estimate of drug-likeness (QED) is 0.0222. The van der Waals surface area contributed by atoms with Gasteiger partial charge in [-0.25, -0.2) is 9.13 Å². The first-order chi connectivity index (χ1) is 44.9. The molecule has 3 N–H and O–H groups in total. The largest absolute Gasteiger partial charge is 0.472 e. The molecule has 0 fully saturated rings. The van der Waals surface area contributed by atoms with Crippen LogP contribution in [0.1, 0.15) is 382 Å². The average molecular weight is 1370 g/mol. The van der Waals surface area contributed by atoms with Crippen molar-refractivity contribution in [1.29, 1.82) is 0 Å². The van der Waals surface area contributed by atoms with Crippen molar-refractivity contribution in [3.05, 3.63) is 0 Å². The number of rotatable bonds is 73. The summed E-state index contributed by atoms with van der Waals surface area (Å²) in [6, 6.07) is 0. The highest BCUT2D eigenvalue weighted by atomic mass is 31.2. The summed E-state index contributed by atoms with van der Waals surface area (Å²) in [6.45, 7) is 9.55. The number of hydrogen-bond donors (Lipinski definition) is 3. The molecule has 93 heavy (non-hydrogen) atoms. The van der Waals surface area contributed by atoms with Gasteiger partial charge in [0.25, 0.3) is 0 Å². The molecule has 0 aliphatic carbocycles. The van der Waals surface area contributed by atoms with E-state index in [1.807, 2.05) is 0 Å². The lowest BCUT2D eigenvalue weighted by molar-refractivity contribution is -0.161. The van der Waals surface area contributed by atoms with Crippen molar-refractivity contribution >= 4 is 39.5 Å². The zero-order valence-corrected chi connectivity index (χ0v) is 62.3. The fourth-order valence-corrected chi connectivity index (χ4v) is 12.9. The molecule has 0 bridgehead atoms. The van der Waals surface area contributed by atoms with Gasteiger partial charge in [0, 0.05) is 25.7 Å². The Morgan fingerprint density at radius 2 is 0.495 bits per heavy atom. The van der Waals surface area contributed by atoms with Crippen LogP contribution < -0.4 is 0 Å². The van der Waals surface area contributed by atoms with Crippen LogP contribution in [-0.2, 0) is 65.4 Å². The van der Waals surface area contributed by atoms with Gasteiger partial charge in [0.05, 0.1) is 26.4 Å². The maximum Gasteiger partial charge on any atom is 0.472 e. The highest BCUT2D eigenvalue weighted by molar-refractivity contribution is 7.47. The molecule has 0 aliphatic rings. The van der Waals surface area contributed by atoms with Crippen LogP contribution in [0.4, 0.5) is 0 Å². The normalized spacial score (nSPS) is 14.1. The number of aliphatic hydroxyl groups excluding tert-OH is 1. The minimum atomic E-state index is -4.96. The fourth-order valence-electron chi connectivity index (χ4n) is 11.3. The van der Waals surface area contributed by atoms with Crippen molar-refractivity contribution in [2.45, 2.75) is 400 Å². The Labute approximate surface area is 568 Å². The van der Waals surface area contributed by atoms with E-state index < -0.39 is 97.5 Å². The number of aliphatic hydroxyl groups is 1. The molecule has 19 heteroatoms. The zero-order chi connectivity index (χ0) is 68.6. The van der Waals surface area contributed by atoms with Gasteiger partial charge in [0.15, 0.2) is 12.2 Å². The Morgan fingerprint density at radius 1 is 0.290 bits per heavy atom. The average Bonchev–Trinajstić information content (AvgIpc) is 1.89. The lowest BCUT2D eigenvalue weighted by Gasteiger charge is -2.21. The van der Waals surface area contributed by atoms with Gasteiger partial charge in [-0.2, -0.15) is 0 Å². The Morgan fingerprint density at radius 3 is 0.731 bits per heavy atom. The van der Waals surface area contributed by atoms with Gasteiger partial charge in [0.2, 0.25) is 0 Å². The first-order valence-electron chi connectivity index (χ1n) is 38.5. The van der Waals surface area contributed by atoms with E-state index in [2.05, 4.69) is 41.5 Å². The maximum absolute atomic E-state index is 13.1. The molecule has 0 rings (SSSR count). The van der Waals surface area contributed by atoms with Crippen molar-refractivity contribution in [3.63, 3.8) is 0 Å². The molecule has 0 aromatic heterocycles. The van der Waals surface area contributed by atoms with Gasteiger partial charge in [-0.05, 0) is 37.5 Å². The minimum Gasteiger partial charge on any atom is -0.462 e. The summed E-state index contributed by atoms with van der Waals surface area (Å²) in [6.07, 6.45) is 52.7. The van der Waals surface area contributed by atoms with Gasteiger partial charge < -0.3 is 33.8 Å². The first kappa shape index (κ1) is 91.1. The van der Waals surface area contributed by atoms with Crippen molar-refractivity contribution in [1.82, 2.24) is 0 Å². The minimum absolute atomic E-state index is 0.106. The number of ether oxygens (including phenoxy) is 4. The molecule has 5 atom stereocenters. The van der Waals surface area contributed by atoms with Gasteiger partial charge in [-0.3, -0.25) is 37.3 Å². The summed E-state index contributed by atoms with van der Waals surface area (Å²) in [4.78, 5) is 72.7. The summed E-state index contributed by atoms with van der Waals surface area (Å²) in [5.41, 5.74) is 0. The van der Waals surface area contributed by atoms with Gasteiger partial charge >= 0.3 is 39.5 Å². The molecule has 0 aliphatic heterocycles. The number of carbonyl (C=O) groups excluding carboxylic acids is 4. The molecular weight excluding hydrogens is 1220 g/mol. The number of hydrogen-bond acceptors (Lipinski definition) is 15. The summed E-state index contributed by atoms with van der Waals surface area (Å²) < 4.78 is 68.4. The van der Waals surface area contributed by atoms with Crippen LogP contribution in [0, 0.1) is 11.8 Å². The SMILES string of the molecule is CCCCCCCCCCCCCCCCC(=O)OC[C@H](COP(=O)(O)OC[C@@H](O)COP(=O)(O)OC[C@@H](COC(=O)CCCCCCCCCC(C)C)OC(=O)CCCCCCCCCCCCC)OC(=O)CCCCCCCCCCCCCCCCCC(C)C. The van der Waals surface area contributed by atoms with Gasteiger partial charge in [-0.15, -0.1) is 0 Å². The molecule has 552 valence electrons. The Bertz CT molecular complexity index is 1800. The third kappa shape index (κ3) is 68.4. The van der Waals surface area contributed by atoms with E-state index in [4.69, 9.17) is 37.0 Å². The number of phosphoric acid groups is 2. The van der Waals surface area contributed by atoms with E-state index >= 15 is 0 Å². The van der Waals surface area contributed by atoms with Crippen molar-refractivity contribution in [3.8, 4) is 0 Å². The summed E-state index contributed by atoms with van der Waals surface area (Å²) >= 11 is 0. The van der Waals surface area contributed by atoms with Gasteiger partial charge in [-0.1, -0.05) is 330 Å². The van der Waals surface area contributed by atoms with Crippen molar-refractivity contribution in [2.24, 2.45) is 11.8 Å². The Hall–Kier alpha value is -1.94. The molecule has 0 aromatic carbocycles. The second kappa shape index (κ2) is 66.0. The van der Waals surface area contributed by atoms with Gasteiger partial charge in [0.1, 0.15) is 19.3 Å². The van der Waals surface area contributed by atoms with Crippen molar-refractivity contribution in [2.75, 3.05) is 39.6 Å². The highest BCUT2D eigenvalue weighted by Crippen LogP contribution is 2.45. The number of carbonyl (C=O) groups is 4. The van der Waals surface area contributed by atoms with E-state index in [0.29, 0.717) is 31.6 Å². The van der Waals surface area contributed by atoms with Crippen LogP contribution in [-0.4, -0.2) is 96.7 Å². The molecule has 0 radical (unpaired) electrons.